The van der Waals surface area contributed by atoms with Gasteiger partial charge in [0.25, 0.3) is 5.91 Å². The molecule has 1 saturated heterocycles. The number of hydrogen-bond donors (Lipinski definition) is 3. The number of anilines is 1. The first-order valence-corrected chi connectivity index (χ1v) is 12.1. The maximum absolute atomic E-state index is 12.8. The number of pyridine rings is 1. The van der Waals surface area contributed by atoms with Crippen LogP contribution >= 0.6 is 22.9 Å². The van der Waals surface area contributed by atoms with Crippen molar-refractivity contribution in [2.75, 3.05) is 11.1 Å². The Morgan fingerprint density at radius 2 is 2.14 bits per heavy atom. The van der Waals surface area contributed by atoms with E-state index in [0.29, 0.717) is 33.4 Å². The Bertz CT molecular complexity index is 1120. The number of hydrogen-bond acceptors (Lipinski definition) is 6. The maximum Gasteiger partial charge on any atom is 0.266 e. The van der Waals surface area contributed by atoms with Gasteiger partial charge < -0.3 is 10.6 Å². The highest BCUT2D eigenvalue weighted by Gasteiger charge is 2.63. The molecular formula is C19H21ClN4O3S2. The van der Waals surface area contributed by atoms with Crippen LogP contribution in [-0.4, -0.2) is 35.6 Å². The lowest BCUT2D eigenvalue weighted by molar-refractivity contribution is 0.103. The van der Waals surface area contributed by atoms with E-state index >= 15 is 0 Å². The number of halogens is 1. The summed E-state index contributed by atoms with van der Waals surface area (Å²) in [6.07, 6.45) is 1.71. The molecule has 0 radical (unpaired) electrons. The number of nitrogens with one attached hydrogen (secondary N) is 3. The highest BCUT2D eigenvalue weighted by atomic mass is 35.5. The van der Waals surface area contributed by atoms with Crippen LogP contribution in [0, 0.1) is 5.41 Å². The fourth-order valence-electron chi connectivity index (χ4n) is 3.68. The number of nitrogens with zero attached hydrogens (tertiary/aromatic N) is 1. The van der Waals surface area contributed by atoms with Crippen LogP contribution in [0.2, 0.25) is 5.02 Å². The lowest BCUT2D eigenvalue weighted by Crippen LogP contribution is -2.60. The molecule has 2 aromatic heterocycles. The van der Waals surface area contributed by atoms with Gasteiger partial charge >= 0.3 is 0 Å². The van der Waals surface area contributed by atoms with Crippen molar-refractivity contribution in [3.8, 4) is 0 Å². The average molecular weight is 453 g/mol. The summed E-state index contributed by atoms with van der Waals surface area (Å²) in [6, 6.07) is 6.95. The van der Waals surface area contributed by atoms with Crippen molar-refractivity contribution in [1.82, 2.24) is 10.3 Å². The highest BCUT2D eigenvalue weighted by Crippen LogP contribution is 2.50. The predicted octanol–water partition coefficient (Wildman–Crippen LogP) is 3.35. The molecule has 0 aromatic carbocycles. The van der Waals surface area contributed by atoms with Crippen molar-refractivity contribution in [2.45, 2.75) is 43.4 Å². The molecule has 3 N–H and O–H groups in total. The summed E-state index contributed by atoms with van der Waals surface area (Å²) in [4.78, 5) is 17.9. The van der Waals surface area contributed by atoms with Gasteiger partial charge in [-0.3, -0.25) is 10.2 Å². The van der Waals surface area contributed by atoms with Crippen molar-refractivity contribution in [2.24, 2.45) is 0 Å². The SMILES string of the molecule is CCc1cccc(NC(=O)c2cc(Cl)c([C@]3(C)CS(=O)(=O)C4(CC4)C(=N)N3)s2)n1. The fourth-order valence-corrected chi connectivity index (χ4v) is 7.65. The zero-order chi connectivity index (χ0) is 21.0. The number of carbonyl (C=O) groups excluding carboxylic acids is 1. The van der Waals surface area contributed by atoms with Gasteiger partial charge in [-0.05, 0) is 44.4 Å². The van der Waals surface area contributed by atoms with Gasteiger partial charge in [0.2, 0.25) is 0 Å². The van der Waals surface area contributed by atoms with E-state index in [1.54, 1.807) is 13.0 Å². The minimum atomic E-state index is -3.49. The average Bonchev–Trinajstić information content (AvgIpc) is 3.37. The first-order chi connectivity index (χ1) is 13.6. The van der Waals surface area contributed by atoms with Gasteiger partial charge in [0.05, 0.1) is 26.1 Å². The lowest BCUT2D eigenvalue weighted by Gasteiger charge is -2.39. The summed E-state index contributed by atoms with van der Waals surface area (Å²) in [6.45, 7) is 3.69. The molecule has 3 heterocycles. The van der Waals surface area contributed by atoms with Crippen molar-refractivity contribution in [3.63, 3.8) is 0 Å². The second kappa shape index (κ2) is 6.78. The van der Waals surface area contributed by atoms with E-state index in [4.69, 9.17) is 17.0 Å². The van der Waals surface area contributed by atoms with Crippen LogP contribution in [0.25, 0.3) is 0 Å². The van der Waals surface area contributed by atoms with Crippen LogP contribution in [0.5, 0.6) is 0 Å². The molecule has 1 amide bonds. The van der Waals surface area contributed by atoms with E-state index in [9.17, 15) is 13.2 Å². The molecule has 0 bridgehead atoms. The van der Waals surface area contributed by atoms with Crippen molar-refractivity contribution in [1.29, 1.82) is 5.41 Å². The zero-order valence-electron chi connectivity index (χ0n) is 16.0. The number of amides is 1. The summed E-state index contributed by atoms with van der Waals surface area (Å²) < 4.78 is 24.6. The first kappa shape index (κ1) is 20.3. The van der Waals surface area contributed by atoms with Crippen LogP contribution in [-0.2, 0) is 21.8 Å². The summed E-state index contributed by atoms with van der Waals surface area (Å²) in [5.74, 6) is -0.0614. The molecule has 154 valence electrons. The van der Waals surface area contributed by atoms with Crippen molar-refractivity contribution in [3.05, 3.63) is 44.7 Å². The Labute approximate surface area is 178 Å². The molecule has 2 aromatic rings. The van der Waals surface area contributed by atoms with E-state index in [-0.39, 0.29) is 17.5 Å². The Kier molecular flexibility index (Phi) is 4.75. The zero-order valence-corrected chi connectivity index (χ0v) is 18.4. The maximum atomic E-state index is 12.8. The summed E-state index contributed by atoms with van der Waals surface area (Å²) in [5.41, 5.74) is -0.186. The molecule has 1 aliphatic heterocycles. The van der Waals surface area contributed by atoms with E-state index in [1.165, 1.54) is 6.07 Å². The second-order valence-electron chi connectivity index (χ2n) is 7.70. The molecule has 1 aliphatic carbocycles. The monoisotopic (exact) mass is 452 g/mol. The van der Waals surface area contributed by atoms with Crippen molar-refractivity contribution >= 4 is 50.3 Å². The molecule has 0 unspecified atom stereocenters. The Morgan fingerprint density at radius 1 is 1.41 bits per heavy atom. The van der Waals surface area contributed by atoms with Gasteiger partial charge in [0.1, 0.15) is 16.4 Å². The van der Waals surface area contributed by atoms with Gasteiger partial charge in [-0.2, -0.15) is 0 Å². The molecule has 1 saturated carbocycles. The van der Waals surface area contributed by atoms with Gasteiger partial charge in [0, 0.05) is 5.69 Å². The molecule has 29 heavy (non-hydrogen) atoms. The smallest absolute Gasteiger partial charge is 0.266 e. The summed E-state index contributed by atoms with van der Waals surface area (Å²) in [7, 11) is -3.49. The topological polar surface area (TPSA) is 112 Å². The number of sulfone groups is 1. The molecule has 1 atom stereocenters. The lowest BCUT2D eigenvalue weighted by atomic mass is 10.0. The minimum absolute atomic E-state index is 0.0160. The highest BCUT2D eigenvalue weighted by molar-refractivity contribution is 7.94. The van der Waals surface area contributed by atoms with Crippen molar-refractivity contribution < 1.29 is 13.2 Å². The van der Waals surface area contributed by atoms with E-state index < -0.39 is 20.1 Å². The fraction of sp³-hybridized carbons (Fsp3) is 0.421. The predicted molar refractivity (Wildman–Crippen MR) is 115 cm³/mol. The van der Waals surface area contributed by atoms with Crippen LogP contribution in [0.3, 0.4) is 0 Å². The normalized spacial score (nSPS) is 24.2. The number of aromatic nitrogens is 1. The number of carbonyl (C=O) groups is 1. The Balaban J connectivity index is 1.61. The Morgan fingerprint density at radius 3 is 2.76 bits per heavy atom. The van der Waals surface area contributed by atoms with E-state index in [1.807, 2.05) is 19.1 Å². The second-order valence-corrected chi connectivity index (χ2v) is 11.5. The third-order valence-corrected chi connectivity index (χ3v) is 10.0. The quantitative estimate of drug-likeness (QED) is 0.658. The van der Waals surface area contributed by atoms with Crippen LogP contribution in [0.1, 0.15) is 46.9 Å². The summed E-state index contributed by atoms with van der Waals surface area (Å²) >= 11 is 7.53. The molecule has 2 aliphatic rings. The molecule has 10 heteroatoms. The summed E-state index contributed by atoms with van der Waals surface area (Å²) in [5, 5.41) is 14.4. The van der Waals surface area contributed by atoms with Gasteiger partial charge in [-0.1, -0.05) is 24.6 Å². The van der Waals surface area contributed by atoms with Crippen LogP contribution < -0.4 is 10.6 Å². The number of amidine groups is 1. The Hall–Kier alpha value is -1.97. The first-order valence-electron chi connectivity index (χ1n) is 9.27. The minimum Gasteiger partial charge on any atom is -0.362 e. The third-order valence-electron chi connectivity index (χ3n) is 5.46. The number of rotatable bonds is 4. The van der Waals surface area contributed by atoms with Gasteiger partial charge in [0.15, 0.2) is 9.84 Å². The van der Waals surface area contributed by atoms with E-state index in [0.717, 1.165) is 23.5 Å². The molecule has 2 fully saturated rings. The number of aryl methyl sites for hydroxylation is 1. The third kappa shape index (κ3) is 3.35. The molecule has 7 nitrogen and oxygen atoms in total. The van der Waals surface area contributed by atoms with E-state index in [2.05, 4.69) is 15.6 Å². The van der Waals surface area contributed by atoms with Crippen LogP contribution in [0.15, 0.2) is 24.3 Å². The molecular weight excluding hydrogens is 432 g/mol. The number of thiophene rings is 1. The van der Waals surface area contributed by atoms with Gasteiger partial charge in [-0.25, -0.2) is 13.4 Å². The molecule has 1 spiro atoms. The van der Waals surface area contributed by atoms with Crippen LogP contribution in [0.4, 0.5) is 5.82 Å². The van der Waals surface area contributed by atoms with Gasteiger partial charge in [-0.15, -0.1) is 11.3 Å². The standard InChI is InChI=1S/C19H21ClN4O3S2/c1-3-11-5-4-6-14(22-11)23-16(25)13-9-12(20)15(28-13)18(2)10-29(26,27)19(7-8-19)17(21)24-18/h4-6,9H,3,7-8,10H2,1-2H3,(H2,21,24)(H,22,23,25)/t18-/m0/s1. The largest absolute Gasteiger partial charge is 0.362 e. The molecule has 4 rings (SSSR count).